The molecule has 1 aliphatic heterocycles. The maximum absolute atomic E-state index is 4.85. The number of nitrogens with zero attached hydrogens (tertiary/aromatic N) is 3. The number of aromatic nitrogens is 4. The van der Waals surface area contributed by atoms with Crippen LogP contribution in [0.3, 0.4) is 0 Å². The molecule has 0 amide bonds. The van der Waals surface area contributed by atoms with Crippen LogP contribution in [-0.4, -0.2) is 38.6 Å². The minimum atomic E-state index is 0.452. The van der Waals surface area contributed by atoms with Gasteiger partial charge in [-0.2, -0.15) is 0 Å². The number of nitrogens with one attached hydrogen (secondary N) is 4. The van der Waals surface area contributed by atoms with E-state index >= 15 is 0 Å². The van der Waals surface area contributed by atoms with Crippen LogP contribution in [0.2, 0.25) is 0 Å². The van der Waals surface area contributed by atoms with Gasteiger partial charge in [-0.05, 0) is 55.5 Å². The third-order valence-corrected chi connectivity index (χ3v) is 8.12. The molecule has 3 atom stereocenters. The van der Waals surface area contributed by atoms with E-state index in [9.17, 15) is 0 Å². The van der Waals surface area contributed by atoms with Crippen LogP contribution in [0.25, 0.3) is 43.2 Å². The molecule has 34 heavy (non-hydrogen) atoms. The smallest absolute Gasteiger partial charge is 0.161 e. The first-order chi connectivity index (χ1) is 16.8. The van der Waals surface area contributed by atoms with Crippen molar-refractivity contribution in [3.8, 4) is 22.1 Å². The topological polar surface area (TPSA) is 90.5 Å². The number of aromatic amines is 1. The van der Waals surface area contributed by atoms with E-state index in [1.165, 1.54) is 11.1 Å². The van der Waals surface area contributed by atoms with Gasteiger partial charge in [0.25, 0.3) is 0 Å². The van der Waals surface area contributed by atoms with E-state index in [0.29, 0.717) is 18.0 Å². The molecule has 3 aromatic heterocycles. The summed E-state index contributed by atoms with van der Waals surface area (Å²) in [5.74, 6) is 2.32. The first-order valence-electron chi connectivity index (χ1n) is 11.9. The molecule has 2 fully saturated rings. The molecule has 8 heteroatoms. The van der Waals surface area contributed by atoms with E-state index < -0.39 is 0 Å². The molecule has 0 radical (unpaired) electrons. The van der Waals surface area contributed by atoms with E-state index in [4.69, 9.17) is 9.97 Å². The van der Waals surface area contributed by atoms with Gasteiger partial charge in [-0.1, -0.05) is 24.3 Å². The van der Waals surface area contributed by atoms with E-state index in [1.54, 1.807) is 11.3 Å². The van der Waals surface area contributed by atoms with Gasteiger partial charge in [0.05, 0.1) is 15.9 Å². The lowest BCUT2D eigenvalue weighted by molar-refractivity contribution is 0.314. The summed E-state index contributed by atoms with van der Waals surface area (Å²) in [6.07, 6.45) is 5.35. The number of benzene rings is 2. The van der Waals surface area contributed by atoms with Crippen molar-refractivity contribution in [1.82, 2.24) is 30.8 Å². The predicted octanol–water partition coefficient (Wildman–Crippen LogP) is 4.96. The second-order valence-corrected chi connectivity index (χ2v) is 10.3. The zero-order chi connectivity index (χ0) is 22.5. The molecule has 7 rings (SSSR count). The number of hydrazine groups is 1. The Labute approximate surface area is 201 Å². The van der Waals surface area contributed by atoms with Gasteiger partial charge < -0.3 is 10.3 Å². The highest BCUT2D eigenvalue weighted by Gasteiger charge is 2.33. The van der Waals surface area contributed by atoms with Crippen LogP contribution in [-0.2, 0) is 0 Å². The monoisotopic (exact) mass is 467 g/mol. The van der Waals surface area contributed by atoms with Crippen LogP contribution >= 0.6 is 11.3 Å². The summed E-state index contributed by atoms with van der Waals surface area (Å²) in [7, 11) is 0. The summed E-state index contributed by atoms with van der Waals surface area (Å²) in [6, 6.07) is 19.8. The molecule has 5 aromatic rings. The summed E-state index contributed by atoms with van der Waals surface area (Å²) in [5, 5.41) is 5.82. The zero-order valence-electron chi connectivity index (χ0n) is 18.6. The highest BCUT2D eigenvalue weighted by Crippen LogP contribution is 2.33. The van der Waals surface area contributed by atoms with Gasteiger partial charge in [0, 0.05) is 41.3 Å². The zero-order valence-corrected chi connectivity index (χ0v) is 19.4. The lowest BCUT2D eigenvalue weighted by Gasteiger charge is -2.31. The Balaban J connectivity index is 1.14. The normalized spacial score (nSPS) is 22.3. The fraction of sp³-hybridized carbons (Fsp3) is 0.269. The van der Waals surface area contributed by atoms with Crippen molar-refractivity contribution in [2.24, 2.45) is 5.92 Å². The number of hydrogen-bond acceptors (Lipinski definition) is 7. The molecular formula is C26H25N7S. The van der Waals surface area contributed by atoms with Crippen molar-refractivity contribution in [3.05, 3.63) is 60.8 Å². The van der Waals surface area contributed by atoms with Gasteiger partial charge in [-0.3, -0.25) is 10.9 Å². The second kappa shape index (κ2) is 8.16. The van der Waals surface area contributed by atoms with Crippen LogP contribution in [0.15, 0.2) is 60.8 Å². The third kappa shape index (κ3) is 3.64. The number of thiazole rings is 1. The first-order valence-corrected chi connectivity index (χ1v) is 12.7. The Bertz CT molecular complexity index is 1460. The quantitative estimate of drug-likeness (QED) is 0.299. The lowest BCUT2D eigenvalue weighted by Crippen LogP contribution is -2.39. The molecule has 3 unspecified atom stereocenters. The number of H-pyrrole nitrogens is 1. The third-order valence-electron chi connectivity index (χ3n) is 7.05. The van der Waals surface area contributed by atoms with Gasteiger partial charge >= 0.3 is 0 Å². The van der Waals surface area contributed by atoms with E-state index in [1.807, 2.05) is 18.3 Å². The average molecular weight is 468 g/mol. The minimum absolute atomic E-state index is 0.452. The number of anilines is 1. The summed E-state index contributed by atoms with van der Waals surface area (Å²) in [4.78, 5) is 17.7. The number of hydrogen-bond donors (Lipinski definition) is 4. The summed E-state index contributed by atoms with van der Waals surface area (Å²) in [5.41, 5.74) is 10.8. The highest BCUT2D eigenvalue weighted by atomic mass is 32.1. The minimum Gasteiger partial charge on any atom is -0.367 e. The van der Waals surface area contributed by atoms with E-state index in [0.717, 1.165) is 63.7 Å². The molecule has 2 aliphatic rings. The van der Waals surface area contributed by atoms with Crippen LogP contribution in [0.1, 0.15) is 19.3 Å². The SMILES string of the molecule is c1ccc2sc(-c3cc4ccc(-c5nccc(NC6CCC7NNCC7C6)n5)cc4[nH]3)nc2c1. The van der Waals surface area contributed by atoms with Crippen molar-refractivity contribution >= 4 is 38.3 Å². The van der Waals surface area contributed by atoms with E-state index in [-0.39, 0.29) is 0 Å². The lowest BCUT2D eigenvalue weighted by atomic mass is 9.83. The van der Waals surface area contributed by atoms with Crippen molar-refractivity contribution < 1.29 is 0 Å². The fourth-order valence-corrected chi connectivity index (χ4v) is 6.22. The maximum Gasteiger partial charge on any atom is 0.161 e. The Kier molecular flexibility index (Phi) is 4.82. The molecule has 0 spiro atoms. The molecule has 2 aromatic carbocycles. The van der Waals surface area contributed by atoms with Gasteiger partial charge in [0.1, 0.15) is 10.8 Å². The van der Waals surface area contributed by atoms with Gasteiger partial charge in [0.15, 0.2) is 5.82 Å². The highest BCUT2D eigenvalue weighted by molar-refractivity contribution is 7.21. The molecule has 1 aliphatic carbocycles. The Morgan fingerprint density at radius 2 is 1.97 bits per heavy atom. The molecule has 4 heterocycles. The molecule has 7 nitrogen and oxygen atoms in total. The summed E-state index contributed by atoms with van der Waals surface area (Å²) >= 11 is 1.71. The number of rotatable bonds is 4. The number of fused-ring (bicyclic) bond motifs is 3. The van der Waals surface area contributed by atoms with E-state index in [2.05, 4.69) is 68.6 Å². The second-order valence-electron chi connectivity index (χ2n) is 9.28. The Hall–Kier alpha value is -3.33. The van der Waals surface area contributed by atoms with Crippen LogP contribution < -0.4 is 16.2 Å². The largest absolute Gasteiger partial charge is 0.367 e. The molecule has 0 bridgehead atoms. The molecule has 170 valence electrons. The summed E-state index contributed by atoms with van der Waals surface area (Å²) in [6.45, 7) is 1.05. The maximum atomic E-state index is 4.85. The average Bonchev–Trinajstić information content (AvgIpc) is 3.60. The van der Waals surface area contributed by atoms with Crippen LogP contribution in [0.5, 0.6) is 0 Å². The van der Waals surface area contributed by atoms with Gasteiger partial charge in [-0.15, -0.1) is 11.3 Å². The first kappa shape index (κ1) is 20.1. The molecule has 1 saturated carbocycles. The van der Waals surface area contributed by atoms with Crippen LogP contribution in [0.4, 0.5) is 5.82 Å². The van der Waals surface area contributed by atoms with Crippen LogP contribution in [0, 0.1) is 5.92 Å². The van der Waals surface area contributed by atoms with Gasteiger partial charge in [-0.25, -0.2) is 15.0 Å². The fourth-order valence-electron chi connectivity index (χ4n) is 5.29. The molecular weight excluding hydrogens is 442 g/mol. The van der Waals surface area contributed by atoms with Crippen molar-refractivity contribution in [3.63, 3.8) is 0 Å². The van der Waals surface area contributed by atoms with Crippen molar-refractivity contribution in [2.75, 3.05) is 11.9 Å². The van der Waals surface area contributed by atoms with Gasteiger partial charge in [0.2, 0.25) is 0 Å². The van der Waals surface area contributed by atoms with Crippen molar-refractivity contribution in [1.29, 1.82) is 0 Å². The standard InChI is InChI=1S/C26H25N7S/c1-2-4-23-20(3-1)31-26(34-23)22-12-15-5-6-16(13-21(15)30-22)25-27-10-9-24(32-25)29-18-7-8-19-17(11-18)14-28-33-19/h1-6,9-10,12-13,17-19,28,30,33H,7-8,11,14H2,(H,27,29,32). The molecule has 4 N–H and O–H groups in total. The predicted molar refractivity (Wildman–Crippen MR) is 138 cm³/mol. The Morgan fingerprint density at radius 1 is 1.00 bits per heavy atom. The molecule has 1 saturated heterocycles. The number of para-hydroxylation sites is 1. The Morgan fingerprint density at radius 3 is 2.94 bits per heavy atom. The summed E-state index contributed by atoms with van der Waals surface area (Å²) < 4.78 is 1.20. The van der Waals surface area contributed by atoms with Crippen molar-refractivity contribution in [2.45, 2.75) is 31.3 Å².